The average Bonchev–Trinajstić information content (AvgIpc) is 1.47. The van der Waals surface area contributed by atoms with Crippen LogP contribution in [-0.2, 0) is 43.2 Å². The third-order valence-electron chi connectivity index (χ3n) is 14.3. The van der Waals surface area contributed by atoms with Crippen LogP contribution in [0, 0.1) is 55.1 Å². The van der Waals surface area contributed by atoms with Crippen LogP contribution in [0.15, 0.2) is 80.4 Å². The Labute approximate surface area is 506 Å². The minimum Gasteiger partial charge on any atom is -0.508 e. The Kier molecular flexibility index (Phi) is 21.2. The molecule has 20 nitrogen and oxygen atoms in total. The number of phenols is 1. The minimum atomic E-state index is -1.46. The van der Waals surface area contributed by atoms with Crippen molar-refractivity contribution < 1.29 is 38.1 Å². The van der Waals surface area contributed by atoms with Crippen LogP contribution in [0.5, 0.6) is 5.75 Å². The summed E-state index contributed by atoms with van der Waals surface area (Å²) in [6.45, 7) is 31.8. The Balaban J connectivity index is 0.000000267. The molecule has 0 radical (unpaired) electrons. The molecule has 0 aliphatic heterocycles. The quantitative estimate of drug-likeness (QED) is 0.0721. The lowest BCUT2D eigenvalue weighted by Gasteiger charge is -2.29. The molecule has 86 heavy (non-hydrogen) atoms. The molecule has 6 aromatic heterocycles. The molecule has 466 valence electrons. The fraction of sp³-hybridized carbons (Fsp3) is 0.516. The standard InChI is InChI=1S/C31H40FN5O4S.C30H38FN5O5S.CH4O/c1-18(2)14-24(38)31(8,9)36-26(39)25-20(4)27(37-33-12-13-34-37)42-28(25)35(29(36)40)16-23(41-17-30(5,6)7)22-15-21(32)11-10-19(22)3;1-17(2)13-23(38)30(7,8)35-25(39)24-18(3)26(36-32-11-12-33-36)42-27(24)34(28(35)40)15-22(41-16-29(4,5)6)20-14-19(31)9-10-21(20)37;1-2/h10-13,15,18,23H,14,16-17H2,1-9H3;9-12,14,17,22,37H,13,15-16H2,1-8H3;2H,1H3/t23-;22-;/m00./s1. The lowest BCUT2D eigenvalue weighted by Crippen LogP contribution is -2.53. The van der Waals surface area contributed by atoms with Crippen molar-refractivity contribution in [3.05, 3.63) is 142 Å². The fourth-order valence-electron chi connectivity index (χ4n) is 9.75. The molecule has 0 unspecified atom stereocenters. The van der Waals surface area contributed by atoms with Crippen molar-refractivity contribution in [2.45, 2.75) is 167 Å². The molecule has 0 fully saturated rings. The number of carbonyl (C=O) groups is 2. The SMILES string of the molecule is CO.Cc1c(-n2nccn2)sc2c1c(=O)n(C(C)(C)C(=O)CC(C)C)c(=O)n2C[C@H](OCC(C)(C)C)c1cc(F)ccc1O.Cc1ccc(F)cc1[C@H](Cn1c(=O)n(C(C)(C)C(=O)CC(C)C)c(=O)c2c(C)c(-n3nccn3)sc21)OCC(C)(C)C. The van der Waals surface area contributed by atoms with Gasteiger partial charge in [-0.05, 0) is 113 Å². The largest absolute Gasteiger partial charge is 0.508 e. The van der Waals surface area contributed by atoms with E-state index >= 15 is 0 Å². The highest BCUT2D eigenvalue weighted by molar-refractivity contribution is 7.21. The zero-order chi connectivity index (χ0) is 64.3. The second-order valence-electron chi connectivity index (χ2n) is 25.7. The van der Waals surface area contributed by atoms with Gasteiger partial charge in [0.2, 0.25) is 0 Å². The topological polar surface area (TPSA) is 242 Å². The van der Waals surface area contributed by atoms with Crippen molar-refractivity contribution >= 4 is 54.7 Å². The molecule has 0 aliphatic carbocycles. The zero-order valence-corrected chi connectivity index (χ0v) is 54.2. The molecule has 2 aromatic carbocycles. The number of ether oxygens (including phenoxy) is 2. The maximum absolute atomic E-state index is 14.5. The molecular formula is C62H82F2N10O10S2. The zero-order valence-electron chi connectivity index (χ0n) is 52.5. The number of hydrogen-bond acceptors (Lipinski definition) is 16. The highest BCUT2D eigenvalue weighted by Gasteiger charge is 2.38. The molecular weight excluding hydrogens is 1150 g/mol. The van der Waals surface area contributed by atoms with E-state index in [4.69, 9.17) is 14.6 Å². The third kappa shape index (κ3) is 14.8. The van der Waals surface area contributed by atoms with Crippen LogP contribution in [0.3, 0.4) is 0 Å². The van der Waals surface area contributed by atoms with Crippen LogP contribution >= 0.6 is 22.7 Å². The summed E-state index contributed by atoms with van der Waals surface area (Å²) >= 11 is 2.37. The van der Waals surface area contributed by atoms with Gasteiger partial charge in [-0.25, -0.2) is 27.5 Å². The summed E-state index contributed by atoms with van der Waals surface area (Å²) in [5, 5.41) is 36.3. The molecule has 0 saturated heterocycles. The van der Waals surface area contributed by atoms with Gasteiger partial charge in [0.1, 0.15) is 60.3 Å². The van der Waals surface area contributed by atoms with Crippen LogP contribution in [0.25, 0.3) is 30.4 Å². The van der Waals surface area contributed by atoms with Gasteiger partial charge >= 0.3 is 11.4 Å². The summed E-state index contributed by atoms with van der Waals surface area (Å²) in [5.41, 5.74) is -3.13. The number of phenolic OH excluding ortho intramolecular Hbond substituents is 1. The van der Waals surface area contributed by atoms with Gasteiger partial charge in [0.05, 0.1) is 61.9 Å². The number of nitrogens with zero attached hydrogens (tertiary/aromatic N) is 10. The van der Waals surface area contributed by atoms with E-state index in [0.29, 0.717) is 48.3 Å². The molecule has 2 N–H and O–H groups in total. The monoisotopic (exact) mass is 1230 g/mol. The molecule has 24 heteroatoms. The van der Waals surface area contributed by atoms with Crippen molar-refractivity contribution in [2.24, 2.45) is 22.7 Å². The van der Waals surface area contributed by atoms with Crippen LogP contribution in [0.4, 0.5) is 8.78 Å². The van der Waals surface area contributed by atoms with Crippen molar-refractivity contribution in [3.63, 3.8) is 0 Å². The lowest BCUT2D eigenvalue weighted by molar-refractivity contribution is -0.127. The number of benzene rings is 2. The first-order chi connectivity index (χ1) is 40.0. The number of aliphatic hydroxyl groups is 1. The predicted molar refractivity (Wildman–Crippen MR) is 331 cm³/mol. The Morgan fingerprint density at radius 1 is 0.570 bits per heavy atom. The highest BCUT2D eigenvalue weighted by Crippen LogP contribution is 2.37. The second-order valence-corrected chi connectivity index (χ2v) is 27.7. The number of thiophene rings is 2. The van der Waals surface area contributed by atoms with Crippen LogP contribution in [0.1, 0.15) is 150 Å². The molecule has 0 bridgehead atoms. The number of Topliss-reactive ketones (excluding diaryl/α,β-unsaturated/α-hetero) is 2. The summed E-state index contributed by atoms with van der Waals surface area (Å²) in [6.07, 6.45) is 4.79. The molecule has 2 atom stereocenters. The lowest BCUT2D eigenvalue weighted by atomic mass is 9.91. The van der Waals surface area contributed by atoms with Crippen molar-refractivity contribution in [3.8, 4) is 15.8 Å². The number of hydrogen-bond donors (Lipinski definition) is 2. The number of halogens is 2. The van der Waals surface area contributed by atoms with E-state index in [1.807, 2.05) is 76.2 Å². The van der Waals surface area contributed by atoms with Gasteiger partial charge in [-0.1, -0.05) is 98.0 Å². The normalized spacial score (nSPS) is 13.1. The van der Waals surface area contributed by atoms with Crippen LogP contribution in [-0.4, -0.2) is 90.4 Å². The first-order valence-electron chi connectivity index (χ1n) is 28.4. The number of ketones is 2. The van der Waals surface area contributed by atoms with E-state index in [1.165, 1.54) is 79.1 Å². The number of aliphatic hydroxyl groups excluding tert-OH is 1. The summed E-state index contributed by atoms with van der Waals surface area (Å²) in [7, 11) is 1.00. The van der Waals surface area contributed by atoms with Gasteiger partial charge in [0.15, 0.2) is 11.6 Å². The van der Waals surface area contributed by atoms with E-state index in [2.05, 4.69) is 20.4 Å². The van der Waals surface area contributed by atoms with Gasteiger partial charge in [-0.15, -0.1) is 9.59 Å². The summed E-state index contributed by atoms with van der Waals surface area (Å²) in [5.74, 6) is -1.59. The van der Waals surface area contributed by atoms with Gasteiger partial charge in [0.25, 0.3) is 11.1 Å². The van der Waals surface area contributed by atoms with Crippen molar-refractivity contribution in [1.82, 2.24) is 48.3 Å². The summed E-state index contributed by atoms with van der Waals surface area (Å²) in [6, 6.07) is 8.05. The number of fused-ring (bicyclic) bond motifs is 2. The molecule has 0 aliphatic rings. The van der Waals surface area contributed by atoms with Crippen molar-refractivity contribution in [1.29, 1.82) is 0 Å². The van der Waals surface area contributed by atoms with Gasteiger partial charge in [-0.2, -0.15) is 20.4 Å². The molecule has 8 rings (SSSR count). The first-order valence-corrected chi connectivity index (χ1v) is 30.0. The number of aromatic nitrogens is 10. The average molecular weight is 1230 g/mol. The molecule has 0 spiro atoms. The number of aromatic hydroxyl groups is 1. The van der Waals surface area contributed by atoms with E-state index in [1.54, 1.807) is 47.6 Å². The predicted octanol–water partition coefficient (Wildman–Crippen LogP) is 10.4. The molecule has 8 aromatic rings. The minimum absolute atomic E-state index is 0.00360. The molecule has 0 saturated carbocycles. The molecule has 6 heterocycles. The number of rotatable bonds is 20. The summed E-state index contributed by atoms with van der Waals surface area (Å²) in [4.78, 5) is 87.3. The van der Waals surface area contributed by atoms with E-state index in [9.17, 15) is 42.7 Å². The van der Waals surface area contributed by atoms with E-state index in [-0.39, 0.29) is 83.5 Å². The van der Waals surface area contributed by atoms with Gasteiger partial charge in [0, 0.05) is 36.6 Å². The fourth-order valence-corrected chi connectivity index (χ4v) is 12.2. The van der Waals surface area contributed by atoms with Crippen LogP contribution in [0.2, 0.25) is 0 Å². The Morgan fingerprint density at radius 3 is 1.28 bits per heavy atom. The van der Waals surface area contributed by atoms with Crippen molar-refractivity contribution in [2.75, 3.05) is 20.3 Å². The highest BCUT2D eigenvalue weighted by atomic mass is 32.1. The smallest absolute Gasteiger partial charge is 0.333 e. The van der Waals surface area contributed by atoms with Gasteiger partial charge < -0.3 is 19.7 Å². The van der Waals surface area contributed by atoms with E-state index in [0.717, 1.165) is 39.2 Å². The maximum Gasteiger partial charge on any atom is 0.333 e. The third-order valence-corrected chi connectivity index (χ3v) is 16.9. The Morgan fingerprint density at radius 2 is 0.919 bits per heavy atom. The first kappa shape index (κ1) is 68.0. The Hall–Kier alpha value is -7.12. The Bertz CT molecular complexity index is 3710. The van der Waals surface area contributed by atoms with Crippen LogP contribution < -0.4 is 22.5 Å². The van der Waals surface area contributed by atoms with Gasteiger partial charge in [-0.3, -0.25) is 28.3 Å². The number of aryl methyl sites for hydroxylation is 3. The summed E-state index contributed by atoms with van der Waals surface area (Å²) < 4.78 is 46.5. The maximum atomic E-state index is 14.5. The number of carbonyl (C=O) groups excluding carboxylic acids is 2. The van der Waals surface area contributed by atoms with E-state index < -0.39 is 57.4 Å². The molecule has 0 amide bonds. The second kappa shape index (κ2) is 26.9.